The van der Waals surface area contributed by atoms with Crippen LogP contribution in [0.25, 0.3) is 22.2 Å². The maximum Gasteiger partial charge on any atom is 0.338 e. The molecule has 0 bridgehead atoms. The predicted molar refractivity (Wildman–Crippen MR) is 77.2 cm³/mol. The van der Waals surface area contributed by atoms with Gasteiger partial charge in [-0.15, -0.1) is 0 Å². The molecule has 2 aromatic carbocycles. The van der Waals surface area contributed by atoms with Crippen molar-refractivity contribution in [3.05, 3.63) is 54.1 Å². The minimum absolute atomic E-state index is 0.269. The Labute approximate surface area is 115 Å². The van der Waals surface area contributed by atoms with Crippen molar-refractivity contribution in [2.24, 2.45) is 0 Å². The van der Waals surface area contributed by atoms with Crippen LogP contribution in [0.3, 0.4) is 0 Å². The maximum atomic E-state index is 11.6. The number of H-pyrrole nitrogens is 1. The molecule has 3 aromatic rings. The number of methoxy groups -OCH3 is 1. The quantitative estimate of drug-likeness (QED) is 0.763. The zero-order chi connectivity index (χ0) is 14.1. The van der Waals surface area contributed by atoms with Gasteiger partial charge in [0.25, 0.3) is 0 Å². The number of fused-ring (bicyclic) bond motifs is 1. The SMILES string of the molecule is COc1cccc2c(C(=O)O)c(-c3ccccc3)[nH]c12. The summed E-state index contributed by atoms with van der Waals surface area (Å²) in [6, 6.07) is 14.8. The summed E-state index contributed by atoms with van der Waals surface area (Å²) in [5.74, 6) is -0.324. The lowest BCUT2D eigenvalue weighted by Crippen LogP contribution is -1.97. The van der Waals surface area contributed by atoms with Gasteiger partial charge in [0.2, 0.25) is 0 Å². The molecule has 0 spiro atoms. The second kappa shape index (κ2) is 4.74. The topological polar surface area (TPSA) is 62.3 Å². The number of hydrogen-bond acceptors (Lipinski definition) is 2. The minimum Gasteiger partial charge on any atom is -0.495 e. The van der Waals surface area contributed by atoms with Crippen LogP contribution >= 0.6 is 0 Å². The van der Waals surface area contributed by atoms with E-state index in [4.69, 9.17) is 4.74 Å². The number of benzene rings is 2. The molecule has 0 radical (unpaired) electrons. The van der Waals surface area contributed by atoms with Crippen LogP contribution < -0.4 is 4.74 Å². The number of rotatable bonds is 3. The highest BCUT2D eigenvalue weighted by molar-refractivity contribution is 6.10. The Morgan fingerprint density at radius 2 is 1.85 bits per heavy atom. The molecule has 0 saturated carbocycles. The lowest BCUT2D eigenvalue weighted by atomic mass is 10.1. The number of aromatic amines is 1. The van der Waals surface area contributed by atoms with Crippen LogP contribution in [0, 0.1) is 0 Å². The van der Waals surface area contributed by atoms with Crippen LogP contribution in [-0.4, -0.2) is 23.2 Å². The number of nitrogens with one attached hydrogen (secondary N) is 1. The first-order valence-corrected chi connectivity index (χ1v) is 6.19. The van der Waals surface area contributed by atoms with Crippen molar-refractivity contribution in [1.82, 2.24) is 4.98 Å². The summed E-state index contributed by atoms with van der Waals surface area (Å²) in [5, 5.41) is 10.2. The van der Waals surface area contributed by atoms with Gasteiger partial charge in [0.05, 0.1) is 23.9 Å². The number of carboxylic acid groups (broad SMARTS) is 1. The number of para-hydroxylation sites is 1. The molecule has 1 aromatic heterocycles. The Balaban J connectivity index is 2.37. The minimum atomic E-state index is -0.955. The zero-order valence-corrected chi connectivity index (χ0v) is 10.9. The number of carbonyl (C=O) groups is 1. The molecule has 0 fully saturated rings. The van der Waals surface area contributed by atoms with Gasteiger partial charge in [-0.05, 0) is 11.6 Å². The fraction of sp³-hybridized carbons (Fsp3) is 0.0625. The summed E-state index contributed by atoms with van der Waals surface area (Å²) in [6.07, 6.45) is 0. The van der Waals surface area contributed by atoms with Gasteiger partial charge in [0.1, 0.15) is 5.75 Å². The second-order valence-electron chi connectivity index (χ2n) is 4.43. The van der Waals surface area contributed by atoms with E-state index in [1.807, 2.05) is 30.3 Å². The number of carboxylic acids is 1. The van der Waals surface area contributed by atoms with Gasteiger partial charge >= 0.3 is 5.97 Å². The van der Waals surface area contributed by atoms with Crippen molar-refractivity contribution in [2.75, 3.05) is 7.11 Å². The van der Waals surface area contributed by atoms with Crippen molar-refractivity contribution in [1.29, 1.82) is 0 Å². The van der Waals surface area contributed by atoms with Gasteiger partial charge < -0.3 is 14.8 Å². The number of ether oxygens (including phenoxy) is 1. The Morgan fingerprint density at radius 1 is 1.10 bits per heavy atom. The first-order valence-electron chi connectivity index (χ1n) is 6.19. The summed E-state index contributed by atoms with van der Waals surface area (Å²) in [4.78, 5) is 14.8. The molecule has 0 aliphatic rings. The van der Waals surface area contributed by atoms with E-state index in [1.165, 1.54) is 0 Å². The average molecular weight is 267 g/mol. The van der Waals surface area contributed by atoms with Crippen molar-refractivity contribution in [2.45, 2.75) is 0 Å². The van der Waals surface area contributed by atoms with Gasteiger partial charge in [0, 0.05) is 5.39 Å². The maximum absolute atomic E-state index is 11.6. The Morgan fingerprint density at radius 3 is 2.50 bits per heavy atom. The number of aromatic nitrogens is 1. The molecule has 4 heteroatoms. The molecule has 0 aliphatic carbocycles. The zero-order valence-electron chi connectivity index (χ0n) is 10.9. The third-order valence-corrected chi connectivity index (χ3v) is 3.29. The fourth-order valence-corrected chi connectivity index (χ4v) is 2.40. The van der Waals surface area contributed by atoms with E-state index in [9.17, 15) is 9.90 Å². The van der Waals surface area contributed by atoms with Crippen LogP contribution in [0.1, 0.15) is 10.4 Å². The molecule has 100 valence electrons. The van der Waals surface area contributed by atoms with Gasteiger partial charge in [-0.25, -0.2) is 4.79 Å². The standard InChI is InChI=1S/C16H13NO3/c1-20-12-9-5-8-11-13(16(18)19)14(17-15(11)12)10-6-3-2-4-7-10/h2-9,17H,1H3,(H,18,19). The monoisotopic (exact) mass is 267 g/mol. The van der Waals surface area contributed by atoms with Crippen LogP contribution in [0.15, 0.2) is 48.5 Å². The highest BCUT2D eigenvalue weighted by Crippen LogP contribution is 2.34. The van der Waals surface area contributed by atoms with Gasteiger partial charge in [-0.1, -0.05) is 42.5 Å². The second-order valence-corrected chi connectivity index (χ2v) is 4.43. The molecule has 0 saturated heterocycles. The lowest BCUT2D eigenvalue weighted by molar-refractivity contribution is 0.0700. The van der Waals surface area contributed by atoms with Crippen molar-refractivity contribution < 1.29 is 14.6 Å². The third-order valence-electron chi connectivity index (χ3n) is 3.29. The van der Waals surface area contributed by atoms with Crippen LogP contribution in [0.5, 0.6) is 5.75 Å². The van der Waals surface area contributed by atoms with Crippen LogP contribution in [0.2, 0.25) is 0 Å². The molecule has 0 unspecified atom stereocenters. The van der Waals surface area contributed by atoms with E-state index in [-0.39, 0.29) is 5.56 Å². The Kier molecular flexibility index (Phi) is 2.91. The van der Waals surface area contributed by atoms with E-state index < -0.39 is 5.97 Å². The van der Waals surface area contributed by atoms with E-state index in [0.717, 1.165) is 5.56 Å². The van der Waals surface area contributed by atoms with E-state index in [1.54, 1.807) is 25.3 Å². The molecule has 1 heterocycles. The summed E-state index contributed by atoms with van der Waals surface area (Å²) in [7, 11) is 1.57. The molecule has 4 nitrogen and oxygen atoms in total. The normalized spacial score (nSPS) is 10.7. The predicted octanol–water partition coefficient (Wildman–Crippen LogP) is 3.54. The first kappa shape index (κ1) is 12.3. The van der Waals surface area contributed by atoms with Crippen molar-refractivity contribution in [3.63, 3.8) is 0 Å². The van der Waals surface area contributed by atoms with Gasteiger partial charge in [-0.2, -0.15) is 0 Å². The van der Waals surface area contributed by atoms with Crippen LogP contribution in [-0.2, 0) is 0 Å². The molecular formula is C16H13NO3. The molecule has 20 heavy (non-hydrogen) atoms. The molecule has 0 amide bonds. The number of aromatic carboxylic acids is 1. The molecule has 0 atom stereocenters. The largest absolute Gasteiger partial charge is 0.495 e. The van der Waals surface area contributed by atoms with Gasteiger partial charge in [0.15, 0.2) is 0 Å². The highest BCUT2D eigenvalue weighted by atomic mass is 16.5. The van der Waals surface area contributed by atoms with Crippen LogP contribution in [0.4, 0.5) is 0 Å². The third kappa shape index (κ3) is 1.82. The van der Waals surface area contributed by atoms with Gasteiger partial charge in [-0.3, -0.25) is 0 Å². The Bertz CT molecular complexity index is 775. The van der Waals surface area contributed by atoms with Crippen molar-refractivity contribution in [3.8, 4) is 17.0 Å². The summed E-state index contributed by atoms with van der Waals surface area (Å²) < 4.78 is 5.29. The lowest BCUT2D eigenvalue weighted by Gasteiger charge is -2.00. The number of hydrogen-bond donors (Lipinski definition) is 2. The van der Waals surface area contributed by atoms with E-state index in [2.05, 4.69) is 4.98 Å². The molecule has 2 N–H and O–H groups in total. The smallest absolute Gasteiger partial charge is 0.338 e. The molecular weight excluding hydrogens is 254 g/mol. The summed E-state index contributed by atoms with van der Waals surface area (Å²) >= 11 is 0. The van der Waals surface area contributed by atoms with E-state index >= 15 is 0 Å². The summed E-state index contributed by atoms with van der Waals surface area (Å²) in [6.45, 7) is 0. The fourth-order valence-electron chi connectivity index (χ4n) is 2.40. The highest BCUT2D eigenvalue weighted by Gasteiger charge is 2.20. The Hall–Kier alpha value is -2.75. The van der Waals surface area contributed by atoms with Crippen molar-refractivity contribution >= 4 is 16.9 Å². The first-order chi connectivity index (χ1) is 9.72. The molecule has 0 aliphatic heterocycles. The van der Waals surface area contributed by atoms with E-state index in [0.29, 0.717) is 22.3 Å². The average Bonchev–Trinajstić information content (AvgIpc) is 2.87. The summed E-state index contributed by atoms with van der Waals surface area (Å²) in [5.41, 5.74) is 2.40. The molecule has 3 rings (SSSR count).